The molecule has 0 bridgehead atoms. The number of hydrogen-bond acceptors (Lipinski definition) is 2. The van der Waals surface area contributed by atoms with Crippen molar-refractivity contribution in [1.82, 2.24) is 0 Å². The quantitative estimate of drug-likeness (QED) is 0.820. The molecule has 2 aromatic carbocycles. The SMILES string of the molecule is Cc1cc(Br)ccc1Oc1ccc(CCN)cc1Br. The van der Waals surface area contributed by atoms with Crippen LogP contribution in [0.4, 0.5) is 0 Å². The van der Waals surface area contributed by atoms with Gasteiger partial charge in [-0.1, -0.05) is 22.0 Å². The Balaban J connectivity index is 2.23. The Kier molecular flexibility index (Phi) is 5.02. The number of nitrogens with two attached hydrogens (primary N) is 1. The lowest BCUT2D eigenvalue weighted by molar-refractivity contribution is 0.475. The molecule has 2 aromatic rings. The smallest absolute Gasteiger partial charge is 0.141 e. The molecule has 19 heavy (non-hydrogen) atoms. The Morgan fingerprint density at radius 1 is 1.05 bits per heavy atom. The first kappa shape index (κ1) is 14.6. The van der Waals surface area contributed by atoms with Crippen LogP contribution in [0.2, 0.25) is 0 Å². The van der Waals surface area contributed by atoms with E-state index in [0.29, 0.717) is 6.54 Å². The lowest BCUT2D eigenvalue weighted by Crippen LogP contribution is -2.02. The van der Waals surface area contributed by atoms with Crippen LogP contribution in [-0.4, -0.2) is 6.54 Å². The first-order chi connectivity index (χ1) is 9.10. The summed E-state index contributed by atoms with van der Waals surface area (Å²) in [5.41, 5.74) is 7.85. The molecule has 0 fully saturated rings. The summed E-state index contributed by atoms with van der Waals surface area (Å²) in [5, 5.41) is 0. The van der Waals surface area contributed by atoms with Gasteiger partial charge in [0.25, 0.3) is 0 Å². The van der Waals surface area contributed by atoms with Crippen LogP contribution in [0.5, 0.6) is 11.5 Å². The van der Waals surface area contributed by atoms with Gasteiger partial charge in [-0.2, -0.15) is 0 Å². The van der Waals surface area contributed by atoms with E-state index >= 15 is 0 Å². The van der Waals surface area contributed by atoms with Gasteiger partial charge in [0.15, 0.2) is 0 Å². The third kappa shape index (κ3) is 3.81. The highest BCUT2D eigenvalue weighted by Crippen LogP contribution is 2.33. The zero-order chi connectivity index (χ0) is 13.8. The zero-order valence-electron chi connectivity index (χ0n) is 10.6. The topological polar surface area (TPSA) is 35.2 Å². The van der Waals surface area contributed by atoms with Gasteiger partial charge < -0.3 is 10.5 Å². The van der Waals surface area contributed by atoms with Crippen LogP contribution < -0.4 is 10.5 Å². The molecule has 2 rings (SSSR count). The summed E-state index contributed by atoms with van der Waals surface area (Å²) >= 11 is 6.98. The van der Waals surface area contributed by atoms with Gasteiger partial charge in [0.05, 0.1) is 4.47 Å². The molecule has 0 aliphatic carbocycles. The maximum Gasteiger partial charge on any atom is 0.141 e. The number of rotatable bonds is 4. The summed E-state index contributed by atoms with van der Waals surface area (Å²) in [6.07, 6.45) is 0.871. The van der Waals surface area contributed by atoms with Crippen molar-refractivity contribution in [3.8, 4) is 11.5 Å². The third-order valence-electron chi connectivity index (χ3n) is 2.79. The van der Waals surface area contributed by atoms with Crippen molar-refractivity contribution >= 4 is 31.9 Å². The highest BCUT2D eigenvalue weighted by molar-refractivity contribution is 9.10. The predicted octanol–water partition coefficient (Wildman–Crippen LogP) is 4.81. The minimum Gasteiger partial charge on any atom is -0.456 e. The molecule has 4 heteroatoms. The summed E-state index contributed by atoms with van der Waals surface area (Å²) < 4.78 is 7.92. The Hall–Kier alpha value is -0.840. The van der Waals surface area contributed by atoms with Crippen molar-refractivity contribution in [3.63, 3.8) is 0 Å². The van der Waals surface area contributed by atoms with Crippen molar-refractivity contribution in [3.05, 3.63) is 56.5 Å². The molecule has 0 heterocycles. The molecule has 0 amide bonds. The second kappa shape index (κ2) is 6.55. The summed E-state index contributed by atoms with van der Waals surface area (Å²) in [5.74, 6) is 1.67. The summed E-state index contributed by atoms with van der Waals surface area (Å²) in [6.45, 7) is 2.68. The molecule has 0 aliphatic heterocycles. The van der Waals surface area contributed by atoms with Gasteiger partial charge in [0, 0.05) is 4.47 Å². The fourth-order valence-corrected chi connectivity index (χ4v) is 2.78. The van der Waals surface area contributed by atoms with Crippen LogP contribution in [0.3, 0.4) is 0 Å². The second-order valence-corrected chi connectivity index (χ2v) is 6.09. The van der Waals surface area contributed by atoms with Gasteiger partial charge >= 0.3 is 0 Å². The van der Waals surface area contributed by atoms with E-state index in [1.54, 1.807) is 0 Å². The van der Waals surface area contributed by atoms with Crippen molar-refractivity contribution in [2.75, 3.05) is 6.54 Å². The first-order valence-electron chi connectivity index (χ1n) is 6.02. The largest absolute Gasteiger partial charge is 0.456 e. The molecular weight excluding hydrogens is 370 g/mol. The van der Waals surface area contributed by atoms with Crippen molar-refractivity contribution in [2.45, 2.75) is 13.3 Å². The highest BCUT2D eigenvalue weighted by atomic mass is 79.9. The van der Waals surface area contributed by atoms with E-state index in [2.05, 4.69) is 37.9 Å². The van der Waals surface area contributed by atoms with E-state index in [1.165, 1.54) is 5.56 Å². The average Bonchev–Trinajstić information content (AvgIpc) is 2.36. The van der Waals surface area contributed by atoms with Crippen LogP contribution in [0.15, 0.2) is 45.3 Å². The zero-order valence-corrected chi connectivity index (χ0v) is 13.8. The fourth-order valence-electron chi connectivity index (χ4n) is 1.80. The lowest BCUT2D eigenvalue weighted by Gasteiger charge is -2.11. The third-order valence-corrected chi connectivity index (χ3v) is 3.90. The Labute approximate surface area is 130 Å². The van der Waals surface area contributed by atoms with Crippen LogP contribution >= 0.6 is 31.9 Å². The molecule has 0 atom stereocenters. The molecule has 0 aliphatic rings. The monoisotopic (exact) mass is 383 g/mol. The first-order valence-corrected chi connectivity index (χ1v) is 7.61. The highest BCUT2D eigenvalue weighted by Gasteiger charge is 2.06. The van der Waals surface area contributed by atoms with Gasteiger partial charge in [-0.15, -0.1) is 0 Å². The van der Waals surface area contributed by atoms with E-state index in [0.717, 1.165) is 32.4 Å². The van der Waals surface area contributed by atoms with E-state index in [-0.39, 0.29) is 0 Å². The van der Waals surface area contributed by atoms with E-state index in [4.69, 9.17) is 10.5 Å². The fraction of sp³-hybridized carbons (Fsp3) is 0.200. The molecule has 0 saturated heterocycles. The Bertz CT molecular complexity index is 584. The maximum atomic E-state index is 5.93. The molecule has 100 valence electrons. The number of benzene rings is 2. The van der Waals surface area contributed by atoms with Gasteiger partial charge in [0.2, 0.25) is 0 Å². The molecule has 0 radical (unpaired) electrons. The standard InChI is InChI=1S/C15H15Br2NO/c1-10-8-12(16)3-5-14(10)19-15-4-2-11(6-7-18)9-13(15)17/h2-5,8-9H,6-7,18H2,1H3. The number of ether oxygens (including phenoxy) is 1. The van der Waals surface area contributed by atoms with Crippen LogP contribution in [0.1, 0.15) is 11.1 Å². The maximum absolute atomic E-state index is 5.93. The normalized spacial score (nSPS) is 10.5. The van der Waals surface area contributed by atoms with Crippen LogP contribution in [0, 0.1) is 6.92 Å². The Morgan fingerprint density at radius 3 is 2.42 bits per heavy atom. The summed E-state index contributed by atoms with van der Waals surface area (Å²) in [4.78, 5) is 0. The van der Waals surface area contributed by atoms with E-state index < -0.39 is 0 Å². The molecule has 0 saturated carbocycles. The average molecular weight is 385 g/mol. The number of halogens is 2. The second-order valence-electron chi connectivity index (χ2n) is 4.32. The number of aryl methyl sites for hydroxylation is 1. The summed E-state index contributed by atoms with van der Waals surface area (Å²) in [6, 6.07) is 12.0. The molecule has 2 N–H and O–H groups in total. The van der Waals surface area contributed by atoms with Crippen molar-refractivity contribution in [2.24, 2.45) is 5.73 Å². The van der Waals surface area contributed by atoms with Crippen LogP contribution in [-0.2, 0) is 6.42 Å². The van der Waals surface area contributed by atoms with Crippen LogP contribution in [0.25, 0.3) is 0 Å². The minimum atomic E-state index is 0.651. The minimum absolute atomic E-state index is 0.651. The van der Waals surface area contributed by atoms with Crippen molar-refractivity contribution < 1.29 is 4.74 Å². The van der Waals surface area contributed by atoms with Gasteiger partial charge in [-0.3, -0.25) is 0 Å². The van der Waals surface area contributed by atoms with Gasteiger partial charge in [-0.25, -0.2) is 0 Å². The molecule has 0 unspecified atom stereocenters. The summed E-state index contributed by atoms with van der Waals surface area (Å²) in [7, 11) is 0. The number of hydrogen-bond donors (Lipinski definition) is 1. The lowest BCUT2D eigenvalue weighted by atomic mass is 10.1. The Morgan fingerprint density at radius 2 is 1.79 bits per heavy atom. The van der Waals surface area contributed by atoms with Gasteiger partial charge in [0.1, 0.15) is 11.5 Å². The molecule has 0 spiro atoms. The van der Waals surface area contributed by atoms with Gasteiger partial charge in [-0.05, 0) is 77.3 Å². The van der Waals surface area contributed by atoms with E-state index in [9.17, 15) is 0 Å². The molecular formula is C15H15Br2NO. The molecule has 0 aromatic heterocycles. The predicted molar refractivity (Wildman–Crippen MR) is 85.9 cm³/mol. The molecule has 2 nitrogen and oxygen atoms in total. The van der Waals surface area contributed by atoms with E-state index in [1.807, 2.05) is 37.3 Å². The van der Waals surface area contributed by atoms with Crippen molar-refractivity contribution in [1.29, 1.82) is 0 Å².